The SMILES string of the molecule is CCCCCNc1nc(C)cc(C(=O)Nc2ccc(N3CCN(C)CC3)cc2)n1. The Hall–Kier alpha value is -2.67. The van der Waals surface area contributed by atoms with E-state index < -0.39 is 0 Å². The molecule has 0 radical (unpaired) electrons. The average molecular weight is 397 g/mol. The van der Waals surface area contributed by atoms with E-state index in [1.165, 1.54) is 5.69 Å². The summed E-state index contributed by atoms with van der Waals surface area (Å²) in [7, 11) is 2.15. The number of aromatic nitrogens is 2. The van der Waals surface area contributed by atoms with E-state index in [4.69, 9.17) is 0 Å². The highest BCUT2D eigenvalue weighted by Gasteiger charge is 2.15. The molecule has 29 heavy (non-hydrogen) atoms. The van der Waals surface area contributed by atoms with Gasteiger partial charge in [0.2, 0.25) is 5.95 Å². The lowest BCUT2D eigenvalue weighted by molar-refractivity contribution is 0.102. The first-order valence-electron chi connectivity index (χ1n) is 10.5. The van der Waals surface area contributed by atoms with Gasteiger partial charge in [-0.15, -0.1) is 0 Å². The van der Waals surface area contributed by atoms with Crippen LogP contribution in [0.2, 0.25) is 0 Å². The highest BCUT2D eigenvalue weighted by atomic mass is 16.1. The smallest absolute Gasteiger partial charge is 0.274 e. The summed E-state index contributed by atoms with van der Waals surface area (Å²) in [6.45, 7) is 9.05. The Morgan fingerprint density at radius 3 is 2.48 bits per heavy atom. The van der Waals surface area contributed by atoms with Crippen LogP contribution in [-0.2, 0) is 0 Å². The highest BCUT2D eigenvalue weighted by molar-refractivity contribution is 6.03. The molecule has 0 bridgehead atoms. The van der Waals surface area contributed by atoms with Crippen molar-refractivity contribution >= 4 is 23.2 Å². The van der Waals surface area contributed by atoms with Crippen LogP contribution in [0.1, 0.15) is 42.4 Å². The molecule has 1 saturated heterocycles. The molecule has 0 unspecified atom stereocenters. The highest BCUT2D eigenvalue weighted by Crippen LogP contribution is 2.20. The lowest BCUT2D eigenvalue weighted by Gasteiger charge is -2.34. The lowest BCUT2D eigenvalue weighted by atomic mass is 10.2. The maximum Gasteiger partial charge on any atom is 0.274 e. The second-order valence-corrected chi connectivity index (χ2v) is 7.64. The number of rotatable bonds is 8. The molecule has 0 aliphatic carbocycles. The summed E-state index contributed by atoms with van der Waals surface area (Å²) < 4.78 is 0. The largest absolute Gasteiger partial charge is 0.369 e. The van der Waals surface area contributed by atoms with Crippen LogP contribution in [0.25, 0.3) is 0 Å². The van der Waals surface area contributed by atoms with Crippen LogP contribution < -0.4 is 15.5 Å². The average Bonchev–Trinajstić information content (AvgIpc) is 2.72. The van der Waals surface area contributed by atoms with Crippen LogP contribution in [0.3, 0.4) is 0 Å². The van der Waals surface area contributed by atoms with E-state index in [0.29, 0.717) is 11.6 Å². The molecule has 156 valence electrons. The molecule has 3 rings (SSSR count). The van der Waals surface area contributed by atoms with Crippen LogP contribution in [0.5, 0.6) is 0 Å². The summed E-state index contributed by atoms with van der Waals surface area (Å²) in [6, 6.07) is 9.73. The van der Waals surface area contributed by atoms with Gasteiger partial charge in [0.05, 0.1) is 0 Å². The molecule has 2 heterocycles. The number of benzene rings is 1. The standard InChI is InChI=1S/C22H32N6O/c1-4-5-6-11-23-22-24-17(2)16-20(26-22)21(29)25-18-7-9-19(10-8-18)28-14-12-27(3)13-15-28/h7-10,16H,4-6,11-15H2,1-3H3,(H,25,29)(H,23,24,26). The fraction of sp³-hybridized carbons (Fsp3) is 0.500. The van der Waals surface area contributed by atoms with Crippen LogP contribution >= 0.6 is 0 Å². The fourth-order valence-corrected chi connectivity index (χ4v) is 3.35. The van der Waals surface area contributed by atoms with Crippen LogP contribution in [0, 0.1) is 6.92 Å². The summed E-state index contributed by atoms with van der Waals surface area (Å²) in [4.78, 5) is 26.1. The zero-order valence-electron chi connectivity index (χ0n) is 17.7. The first-order chi connectivity index (χ1) is 14.0. The molecule has 1 fully saturated rings. The van der Waals surface area contributed by atoms with Crippen molar-refractivity contribution in [3.05, 3.63) is 41.7 Å². The van der Waals surface area contributed by atoms with Gasteiger partial charge in [-0.25, -0.2) is 9.97 Å². The molecule has 2 aromatic rings. The number of unbranched alkanes of at least 4 members (excludes halogenated alkanes) is 2. The van der Waals surface area contributed by atoms with Gasteiger partial charge in [-0.3, -0.25) is 4.79 Å². The number of carbonyl (C=O) groups excluding carboxylic acids is 1. The van der Waals surface area contributed by atoms with Crippen molar-refractivity contribution < 1.29 is 4.79 Å². The van der Waals surface area contributed by atoms with E-state index in [1.54, 1.807) is 6.07 Å². The Morgan fingerprint density at radius 1 is 1.07 bits per heavy atom. The number of carbonyl (C=O) groups is 1. The van der Waals surface area contributed by atoms with Gasteiger partial charge in [0.1, 0.15) is 5.69 Å². The first kappa shape index (κ1) is 21.0. The van der Waals surface area contributed by atoms with Gasteiger partial charge < -0.3 is 20.4 Å². The maximum atomic E-state index is 12.7. The number of likely N-dealkylation sites (N-methyl/N-ethyl adjacent to an activating group) is 1. The minimum Gasteiger partial charge on any atom is -0.369 e. The van der Waals surface area contributed by atoms with Crippen molar-refractivity contribution in [2.24, 2.45) is 0 Å². The van der Waals surface area contributed by atoms with Gasteiger partial charge in [-0.1, -0.05) is 19.8 Å². The van der Waals surface area contributed by atoms with Crippen molar-refractivity contribution in [2.45, 2.75) is 33.1 Å². The van der Waals surface area contributed by atoms with Crippen LogP contribution in [0.4, 0.5) is 17.3 Å². The third-order valence-corrected chi connectivity index (χ3v) is 5.14. The minimum absolute atomic E-state index is 0.223. The molecular formula is C22H32N6O. The Balaban J connectivity index is 1.60. The van der Waals surface area contributed by atoms with Crippen molar-refractivity contribution in [3.63, 3.8) is 0 Å². The van der Waals surface area contributed by atoms with Crippen molar-refractivity contribution in [1.82, 2.24) is 14.9 Å². The van der Waals surface area contributed by atoms with Crippen LogP contribution in [0.15, 0.2) is 30.3 Å². The second kappa shape index (κ2) is 10.2. The van der Waals surface area contributed by atoms with Crippen molar-refractivity contribution in [1.29, 1.82) is 0 Å². The second-order valence-electron chi connectivity index (χ2n) is 7.64. The van der Waals surface area contributed by atoms with E-state index in [9.17, 15) is 4.79 Å². The van der Waals surface area contributed by atoms with E-state index in [1.807, 2.05) is 19.1 Å². The zero-order chi connectivity index (χ0) is 20.6. The predicted octanol–water partition coefficient (Wildman–Crippen LogP) is 3.39. The maximum absolute atomic E-state index is 12.7. The summed E-state index contributed by atoms with van der Waals surface area (Å²) in [5.41, 5.74) is 3.10. The summed E-state index contributed by atoms with van der Waals surface area (Å²) in [5, 5.41) is 6.16. The molecule has 7 heteroatoms. The number of anilines is 3. The molecule has 1 aromatic heterocycles. The zero-order valence-corrected chi connectivity index (χ0v) is 17.7. The fourth-order valence-electron chi connectivity index (χ4n) is 3.35. The van der Waals surface area contributed by atoms with E-state index in [2.05, 4.69) is 56.5 Å². The number of piperazine rings is 1. The van der Waals surface area contributed by atoms with E-state index in [-0.39, 0.29) is 5.91 Å². The number of hydrogen-bond donors (Lipinski definition) is 2. The van der Waals surface area contributed by atoms with E-state index in [0.717, 1.165) is 63.4 Å². The predicted molar refractivity (Wildman–Crippen MR) is 119 cm³/mol. The summed E-state index contributed by atoms with van der Waals surface area (Å²) in [6.07, 6.45) is 3.39. The van der Waals surface area contributed by atoms with Gasteiger partial charge >= 0.3 is 0 Å². The third kappa shape index (κ3) is 6.15. The molecule has 1 aromatic carbocycles. The topological polar surface area (TPSA) is 73.4 Å². The number of hydrogen-bond acceptors (Lipinski definition) is 6. The molecule has 0 atom stereocenters. The molecule has 7 nitrogen and oxygen atoms in total. The normalized spacial score (nSPS) is 14.7. The molecule has 1 amide bonds. The Kier molecular flexibility index (Phi) is 7.41. The number of nitrogens with zero attached hydrogens (tertiary/aromatic N) is 4. The number of nitrogens with one attached hydrogen (secondary N) is 2. The van der Waals surface area contributed by atoms with Gasteiger partial charge in [-0.05, 0) is 50.7 Å². The molecule has 0 saturated carbocycles. The van der Waals surface area contributed by atoms with Gasteiger partial charge in [0.25, 0.3) is 5.91 Å². The van der Waals surface area contributed by atoms with Crippen LogP contribution in [-0.4, -0.2) is 60.5 Å². The first-order valence-corrected chi connectivity index (χ1v) is 10.5. The molecule has 0 spiro atoms. The van der Waals surface area contributed by atoms with E-state index >= 15 is 0 Å². The molecule has 2 N–H and O–H groups in total. The molecular weight excluding hydrogens is 364 g/mol. The lowest BCUT2D eigenvalue weighted by Crippen LogP contribution is -2.44. The van der Waals surface area contributed by atoms with Gasteiger partial charge in [0.15, 0.2) is 0 Å². The summed E-state index contributed by atoms with van der Waals surface area (Å²) in [5.74, 6) is 0.288. The Morgan fingerprint density at radius 2 is 1.79 bits per heavy atom. The van der Waals surface area contributed by atoms with Gasteiger partial charge in [-0.2, -0.15) is 0 Å². The van der Waals surface area contributed by atoms with Gasteiger partial charge in [0, 0.05) is 49.8 Å². The quantitative estimate of drug-likeness (QED) is 0.667. The Bertz CT molecular complexity index is 799. The number of amides is 1. The Labute approximate surface area is 173 Å². The summed E-state index contributed by atoms with van der Waals surface area (Å²) >= 11 is 0. The molecule has 1 aliphatic rings. The number of aryl methyl sites for hydroxylation is 1. The minimum atomic E-state index is -0.223. The monoisotopic (exact) mass is 396 g/mol. The third-order valence-electron chi connectivity index (χ3n) is 5.14. The van der Waals surface area contributed by atoms with Crippen molar-refractivity contribution in [2.75, 3.05) is 55.3 Å². The van der Waals surface area contributed by atoms with Crippen molar-refractivity contribution in [3.8, 4) is 0 Å². The molecule has 1 aliphatic heterocycles.